The number of hydrogen-bond donors (Lipinski definition) is 1. The van der Waals surface area contributed by atoms with E-state index in [4.69, 9.17) is 16.1 Å². The summed E-state index contributed by atoms with van der Waals surface area (Å²) in [6.07, 6.45) is 2.91. The van der Waals surface area contributed by atoms with Crippen LogP contribution in [0, 0.1) is 12.7 Å². The number of halogens is 2. The second-order valence-electron chi connectivity index (χ2n) is 8.09. The summed E-state index contributed by atoms with van der Waals surface area (Å²) in [6.45, 7) is 4.23. The number of aryl methyl sites for hydroxylation is 2. The van der Waals surface area contributed by atoms with E-state index in [2.05, 4.69) is 26.4 Å². The molecule has 1 aliphatic rings. The van der Waals surface area contributed by atoms with Crippen molar-refractivity contribution in [1.29, 1.82) is 0 Å². The maximum Gasteiger partial charge on any atom is 0.227 e. The van der Waals surface area contributed by atoms with Gasteiger partial charge in [-0.2, -0.15) is 4.98 Å². The molecule has 168 valence electrons. The number of carbonyl (C=O) groups excluding carboxylic acids is 1. The van der Waals surface area contributed by atoms with Crippen LogP contribution >= 0.6 is 11.6 Å². The highest BCUT2D eigenvalue weighted by atomic mass is 35.5. The quantitative estimate of drug-likeness (QED) is 0.531. The van der Waals surface area contributed by atoms with Gasteiger partial charge >= 0.3 is 0 Å². The van der Waals surface area contributed by atoms with Crippen molar-refractivity contribution in [2.45, 2.75) is 38.6 Å². The van der Waals surface area contributed by atoms with Crippen LogP contribution in [0.2, 0.25) is 5.02 Å². The molecule has 1 N–H and O–H groups in total. The molecule has 0 radical (unpaired) electrons. The zero-order valence-corrected chi connectivity index (χ0v) is 18.7. The van der Waals surface area contributed by atoms with Crippen molar-refractivity contribution in [2.24, 2.45) is 0 Å². The van der Waals surface area contributed by atoms with Crippen molar-refractivity contribution in [3.8, 4) is 11.4 Å². The summed E-state index contributed by atoms with van der Waals surface area (Å²) < 4.78 is 18.7. The van der Waals surface area contributed by atoms with Gasteiger partial charge in [0.1, 0.15) is 5.82 Å². The lowest BCUT2D eigenvalue weighted by Gasteiger charge is -2.28. The second-order valence-corrected chi connectivity index (χ2v) is 8.53. The highest BCUT2D eigenvalue weighted by Crippen LogP contribution is 2.26. The van der Waals surface area contributed by atoms with Crippen LogP contribution in [0.25, 0.3) is 11.4 Å². The lowest BCUT2D eigenvalue weighted by Crippen LogP contribution is -2.36. The number of amides is 1. The van der Waals surface area contributed by atoms with E-state index < -0.39 is 0 Å². The van der Waals surface area contributed by atoms with E-state index in [1.54, 1.807) is 19.1 Å². The number of rotatable bonds is 8. The molecular formula is C24H26ClFN4O2. The summed E-state index contributed by atoms with van der Waals surface area (Å²) in [6, 6.07) is 12.6. The number of benzene rings is 2. The third-order valence-corrected chi connectivity index (χ3v) is 5.99. The SMILES string of the molecule is Cc1cc(-c2noc(CCC(=O)NCC(c3cccc(Cl)c3)N3CCCC3)n2)ccc1F. The molecule has 2 heterocycles. The molecule has 8 heteroatoms. The Kier molecular flexibility index (Phi) is 7.17. The van der Waals surface area contributed by atoms with Crippen molar-refractivity contribution in [2.75, 3.05) is 19.6 Å². The minimum atomic E-state index is -0.279. The topological polar surface area (TPSA) is 71.3 Å². The lowest BCUT2D eigenvalue weighted by molar-refractivity contribution is -0.121. The molecule has 3 aromatic rings. The third-order valence-electron chi connectivity index (χ3n) is 5.76. The van der Waals surface area contributed by atoms with Crippen molar-refractivity contribution in [1.82, 2.24) is 20.4 Å². The Labute approximate surface area is 191 Å². The van der Waals surface area contributed by atoms with Crippen LogP contribution in [0.3, 0.4) is 0 Å². The number of nitrogens with zero attached hydrogens (tertiary/aromatic N) is 3. The van der Waals surface area contributed by atoms with E-state index in [0.29, 0.717) is 40.8 Å². The van der Waals surface area contributed by atoms with Gasteiger partial charge in [-0.15, -0.1) is 0 Å². The summed E-state index contributed by atoms with van der Waals surface area (Å²) in [5, 5.41) is 7.69. The van der Waals surface area contributed by atoms with Crippen molar-refractivity contribution in [3.05, 3.63) is 70.3 Å². The van der Waals surface area contributed by atoms with E-state index in [1.807, 2.05) is 18.2 Å². The van der Waals surface area contributed by atoms with Gasteiger partial charge in [0.05, 0.1) is 6.04 Å². The maximum absolute atomic E-state index is 13.5. The largest absolute Gasteiger partial charge is 0.354 e. The first-order valence-electron chi connectivity index (χ1n) is 10.8. The third kappa shape index (κ3) is 5.53. The molecular weight excluding hydrogens is 431 g/mol. The van der Waals surface area contributed by atoms with Gasteiger partial charge in [-0.1, -0.05) is 28.9 Å². The number of carbonyl (C=O) groups is 1. The molecule has 2 aromatic carbocycles. The zero-order valence-electron chi connectivity index (χ0n) is 18.0. The molecule has 0 aliphatic carbocycles. The molecule has 0 spiro atoms. The number of aromatic nitrogens is 2. The molecule has 1 aliphatic heterocycles. The molecule has 1 amide bonds. The first-order chi connectivity index (χ1) is 15.5. The fourth-order valence-corrected chi connectivity index (χ4v) is 4.20. The number of likely N-dealkylation sites (tertiary alicyclic amines) is 1. The maximum atomic E-state index is 13.5. The smallest absolute Gasteiger partial charge is 0.227 e. The Morgan fingerprint density at radius 1 is 1.25 bits per heavy atom. The molecule has 1 unspecified atom stereocenters. The average molecular weight is 457 g/mol. The van der Waals surface area contributed by atoms with E-state index in [9.17, 15) is 9.18 Å². The van der Waals surface area contributed by atoms with Crippen molar-refractivity contribution >= 4 is 17.5 Å². The summed E-state index contributed by atoms with van der Waals surface area (Å²) >= 11 is 6.19. The van der Waals surface area contributed by atoms with Gasteiger partial charge in [0, 0.05) is 30.0 Å². The van der Waals surface area contributed by atoms with Gasteiger partial charge in [-0.05, 0) is 74.3 Å². The zero-order chi connectivity index (χ0) is 22.5. The van der Waals surface area contributed by atoms with Gasteiger partial charge in [0.15, 0.2) is 0 Å². The highest BCUT2D eigenvalue weighted by molar-refractivity contribution is 6.30. The van der Waals surface area contributed by atoms with Gasteiger partial charge in [0.2, 0.25) is 17.6 Å². The Bertz CT molecular complexity index is 1080. The molecule has 1 aromatic heterocycles. The summed E-state index contributed by atoms with van der Waals surface area (Å²) in [5.41, 5.74) is 2.30. The van der Waals surface area contributed by atoms with Crippen molar-refractivity contribution in [3.63, 3.8) is 0 Å². The van der Waals surface area contributed by atoms with Crippen LogP contribution in [-0.2, 0) is 11.2 Å². The van der Waals surface area contributed by atoms with Crippen LogP contribution in [-0.4, -0.2) is 40.6 Å². The van der Waals surface area contributed by atoms with Crippen molar-refractivity contribution < 1.29 is 13.7 Å². The molecule has 32 heavy (non-hydrogen) atoms. The summed E-state index contributed by atoms with van der Waals surface area (Å²) in [7, 11) is 0. The Morgan fingerprint density at radius 2 is 2.06 bits per heavy atom. The Balaban J connectivity index is 1.33. The predicted octanol–water partition coefficient (Wildman–Crippen LogP) is 4.72. The summed E-state index contributed by atoms with van der Waals surface area (Å²) in [5.74, 6) is 0.411. The van der Waals surface area contributed by atoms with Crippen LogP contribution in [0.4, 0.5) is 4.39 Å². The molecule has 6 nitrogen and oxygen atoms in total. The Hall–Kier alpha value is -2.77. The normalized spacial score (nSPS) is 15.1. The molecule has 1 fully saturated rings. The fraction of sp³-hybridized carbons (Fsp3) is 0.375. The van der Waals surface area contributed by atoms with Gasteiger partial charge in [-0.25, -0.2) is 4.39 Å². The van der Waals surface area contributed by atoms with E-state index in [1.165, 1.54) is 6.07 Å². The monoisotopic (exact) mass is 456 g/mol. The minimum absolute atomic E-state index is 0.0754. The second kappa shape index (κ2) is 10.2. The molecule has 0 saturated carbocycles. The van der Waals surface area contributed by atoms with E-state index >= 15 is 0 Å². The first kappa shape index (κ1) is 22.4. The van der Waals surface area contributed by atoms with Crippen LogP contribution in [0.15, 0.2) is 47.0 Å². The van der Waals surface area contributed by atoms with Crippen LogP contribution < -0.4 is 5.32 Å². The molecule has 1 atom stereocenters. The minimum Gasteiger partial charge on any atom is -0.354 e. The summed E-state index contributed by atoms with van der Waals surface area (Å²) in [4.78, 5) is 19.2. The van der Waals surface area contributed by atoms with Crippen LogP contribution in [0.1, 0.15) is 42.3 Å². The molecule has 1 saturated heterocycles. The van der Waals surface area contributed by atoms with E-state index in [0.717, 1.165) is 31.5 Å². The standard InChI is InChI=1S/C24H26ClFN4O2/c1-16-13-18(7-8-20(16)26)24-28-23(32-29-24)10-9-22(31)27-15-21(30-11-2-3-12-30)17-5-4-6-19(25)14-17/h4-8,13-14,21H,2-3,9-12,15H2,1H3,(H,27,31). The predicted molar refractivity (Wildman–Crippen MR) is 121 cm³/mol. The Morgan fingerprint density at radius 3 is 2.81 bits per heavy atom. The molecule has 0 bridgehead atoms. The number of nitrogens with one attached hydrogen (secondary N) is 1. The molecule has 4 rings (SSSR count). The first-order valence-corrected chi connectivity index (χ1v) is 11.2. The van der Waals surface area contributed by atoms with Crippen LogP contribution in [0.5, 0.6) is 0 Å². The van der Waals surface area contributed by atoms with Gasteiger partial charge in [-0.3, -0.25) is 9.69 Å². The lowest BCUT2D eigenvalue weighted by atomic mass is 10.1. The van der Waals surface area contributed by atoms with Gasteiger partial charge in [0.25, 0.3) is 0 Å². The average Bonchev–Trinajstić information content (AvgIpc) is 3.47. The fourth-order valence-electron chi connectivity index (χ4n) is 4.00. The highest BCUT2D eigenvalue weighted by Gasteiger charge is 2.24. The van der Waals surface area contributed by atoms with Gasteiger partial charge < -0.3 is 9.84 Å². The number of hydrogen-bond acceptors (Lipinski definition) is 5. The van der Waals surface area contributed by atoms with E-state index in [-0.39, 0.29) is 24.2 Å².